The normalized spacial score (nSPS) is 16.0. The fourth-order valence-electron chi connectivity index (χ4n) is 6.51. The quantitative estimate of drug-likeness (QED) is 0.155. The number of rotatable bonds is 6. The van der Waals surface area contributed by atoms with Crippen LogP contribution >= 0.6 is 11.8 Å². The molecule has 0 radical (unpaired) electrons. The highest BCUT2D eigenvalue weighted by molar-refractivity contribution is 7.98. The number of guanidine groups is 1. The van der Waals surface area contributed by atoms with Gasteiger partial charge in [0, 0.05) is 22.4 Å². The average molecular weight is 638 g/mol. The molecule has 0 fully saturated rings. The maximum atomic E-state index is 5.57. The van der Waals surface area contributed by atoms with Gasteiger partial charge in [-0.15, -0.1) is 11.8 Å². The van der Waals surface area contributed by atoms with E-state index in [4.69, 9.17) is 9.98 Å². The van der Waals surface area contributed by atoms with Crippen LogP contribution in [0.2, 0.25) is 0 Å². The van der Waals surface area contributed by atoms with Crippen LogP contribution < -0.4 is 4.90 Å². The molecule has 0 aliphatic carbocycles. The second kappa shape index (κ2) is 14.6. The Morgan fingerprint density at radius 2 is 1.55 bits per heavy atom. The number of aryl methyl sites for hydroxylation is 1. The smallest absolute Gasteiger partial charge is 0.235 e. The first-order valence-electron chi connectivity index (χ1n) is 16.4. The summed E-state index contributed by atoms with van der Waals surface area (Å²) < 4.78 is 0. The van der Waals surface area contributed by atoms with E-state index < -0.39 is 0 Å². The zero-order valence-electron chi connectivity index (χ0n) is 29.2. The number of para-hydroxylation sites is 1. The summed E-state index contributed by atoms with van der Waals surface area (Å²) in [7, 11) is 0. The van der Waals surface area contributed by atoms with E-state index in [0.717, 1.165) is 41.1 Å². The third kappa shape index (κ3) is 6.99. The van der Waals surface area contributed by atoms with Crippen LogP contribution in [0, 0.1) is 6.92 Å². The number of hydrogen-bond donors (Lipinski definition) is 0. The predicted molar refractivity (Wildman–Crippen MR) is 210 cm³/mol. The lowest BCUT2D eigenvalue weighted by molar-refractivity contribution is 0.590. The molecule has 0 spiro atoms. The Balaban J connectivity index is 2.00. The number of fused-ring (bicyclic) bond motifs is 1. The topological polar surface area (TPSA) is 28.0 Å². The summed E-state index contributed by atoms with van der Waals surface area (Å²) >= 11 is 1.75. The van der Waals surface area contributed by atoms with Crippen molar-refractivity contribution in [1.82, 2.24) is 0 Å². The molecule has 1 aliphatic heterocycles. The summed E-state index contributed by atoms with van der Waals surface area (Å²) in [5.41, 5.74) is 11.2. The Hall–Kier alpha value is -4.41. The molecular weight excluding hydrogens is 591 g/mol. The third-order valence-corrected chi connectivity index (χ3v) is 9.51. The summed E-state index contributed by atoms with van der Waals surface area (Å²) in [6, 6.07) is 27.9. The summed E-state index contributed by atoms with van der Waals surface area (Å²) in [4.78, 5) is 14.2. The summed E-state index contributed by atoms with van der Waals surface area (Å²) in [5.74, 6) is 0.625. The van der Waals surface area contributed by atoms with E-state index in [1.165, 1.54) is 43.5 Å². The van der Waals surface area contributed by atoms with Gasteiger partial charge in [0.05, 0.1) is 11.4 Å². The minimum Gasteiger partial charge on any atom is -0.279 e. The molecule has 5 rings (SSSR count). The second-order valence-electron chi connectivity index (χ2n) is 13.3. The van der Waals surface area contributed by atoms with Crippen molar-refractivity contribution >= 4 is 57.4 Å². The van der Waals surface area contributed by atoms with Crippen LogP contribution in [0.5, 0.6) is 0 Å². The van der Waals surface area contributed by atoms with E-state index in [9.17, 15) is 0 Å². The van der Waals surface area contributed by atoms with Crippen LogP contribution in [0.25, 0.3) is 22.0 Å². The summed E-state index contributed by atoms with van der Waals surface area (Å²) in [6.45, 7) is 20.1. The van der Waals surface area contributed by atoms with Gasteiger partial charge >= 0.3 is 0 Å². The first-order chi connectivity index (χ1) is 22.6. The molecule has 1 aliphatic rings. The average Bonchev–Trinajstić information content (AvgIpc) is 3.06. The fraction of sp³-hybridized carbons (Fsp3) is 0.256. The van der Waals surface area contributed by atoms with Crippen molar-refractivity contribution in [3.8, 4) is 0 Å². The fourth-order valence-corrected chi connectivity index (χ4v) is 7.11. The Bertz CT molecular complexity index is 1940. The van der Waals surface area contributed by atoms with Gasteiger partial charge in [-0.1, -0.05) is 106 Å². The molecule has 4 heteroatoms. The molecule has 47 heavy (non-hydrogen) atoms. The van der Waals surface area contributed by atoms with Crippen molar-refractivity contribution < 1.29 is 0 Å². The van der Waals surface area contributed by atoms with Gasteiger partial charge < -0.3 is 0 Å². The summed E-state index contributed by atoms with van der Waals surface area (Å²) in [6.07, 6.45) is 12.1. The van der Waals surface area contributed by atoms with Crippen LogP contribution in [-0.4, -0.2) is 18.4 Å². The van der Waals surface area contributed by atoms with Gasteiger partial charge in [0.15, 0.2) is 0 Å². The van der Waals surface area contributed by atoms with Crippen molar-refractivity contribution in [3.63, 3.8) is 0 Å². The largest absolute Gasteiger partial charge is 0.279 e. The van der Waals surface area contributed by atoms with Crippen LogP contribution in [0.4, 0.5) is 11.4 Å². The van der Waals surface area contributed by atoms with E-state index in [1.54, 1.807) is 11.8 Å². The maximum absolute atomic E-state index is 5.57. The van der Waals surface area contributed by atoms with Crippen molar-refractivity contribution in [2.45, 2.75) is 71.6 Å². The standard InChI is InChI=1S/C43H47N3S/c1-10-33(29(2)3)38-35-25-17-16-24-34(35)31(5)41(39(38)43(6,7)8)46(32-22-14-11-15-23-32)42-44-28-20-12-13-21-30(4)40(45-42)36-26-18-19-27-37(36)47-9/h10-12,14-20,22-28H,1,13,21H2,2-9H3/b20-12-,40-30+,44-28?,45-42?. The maximum Gasteiger partial charge on any atom is 0.235 e. The van der Waals surface area contributed by atoms with Crippen molar-refractivity contribution in [1.29, 1.82) is 0 Å². The zero-order valence-corrected chi connectivity index (χ0v) is 30.0. The Kier molecular flexibility index (Phi) is 10.5. The highest BCUT2D eigenvalue weighted by Gasteiger charge is 2.32. The predicted octanol–water partition coefficient (Wildman–Crippen LogP) is 12.5. The van der Waals surface area contributed by atoms with Crippen LogP contribution in [-0.2, 0) is 5.41 Å². The van der Waals surface area contributed by atoms with E-state index >= 15 is 0 Å². The molecule has 0 amide bonds. The van der Waals surface area contributed by atoms with E-state index in [2.05, 4.69) is 157 Å². The molecule has 0 unspecified atom stereocenters. The van der Waals surface area contributed by atoms with Gasteiger partial charge in [-0.2, -0.15) is 0 Å². The number of anilines is 2. The molecule has 3 nitrogen and oxygen atoms in total. The highest BCUT2D eigenvalue weighted by Crippen LogP contribution is 2.48. The first-order valence-corrected chi connectivity index (χ1v) is 17.6. The molecule has 240 valence electrons. The second-order valence-corrected chi connectivity index (χ2v) is 14.1. The number of nitrogens with zero attached hydrogens (tertiary/aromatic N) is 3. The number of thioether (sulfide) groups is 1. The Morgan fingerprint density at radius 1 is 0.894 bits per heavy atom. The highest BCUT2D eigenvalue weighted by atomic mass is 32.2. The molecule has 4 aromatic rings. The van der Waals surface area contributed by atoms with Gasteiger partial charge in [-0.25, -0.2) is 9.98 Å². The molecule has 4 aromatic carbocycles. The van der Waals surface area contributed by atoms with E-state index in [-0.39, 0.29) is 5.41 Å². The van der Waals surface area contributed by atoms with Gasteiger partial charge in [-0.3, -0.25) is 4.90 Å². The lowest BCUT2D eigenvalue weighted by Gasteiger charge is -2.36. The first kappa shape index (κ1) is 33.9. The molecule has 0 saturated heterocycles. The summed E-state index contributed by atoms with van der Waals surface area (Å²) in [5, 5.41) is 2.43. The van der Waals surface area contributed by atoms with E-state index in [1.807, 2.05) is 12.3 Å². The third-order valence-electron chi connectivity index (χ3n) is 8.72. The molecule has 0 saturated carbocycles. The van der Waals surface area contributed by atoms with Crippen molar-refractivity contribution in [2.24, 2.45) is 9.98 Å². The van der Waals surface area contributed by atoms with Crippen LogP contribution in [0.3, 0.4) is 0 Å². The molecule has 1 heterocycles. The Labute approximate surface area is 286 Å². The monoisotopic (exact) mass is 637 g/mol. The Morgan fingerprint density at radius 3 is 2.21 bits per heavy atom. The van der Waals surface area contributed by atoms with Crippen LogP contribution in [0.15, 0.2) is 130 Å². The zero-order chi connectivity index (χ0) is 33.7. The van der Waals surface area contributed by atoms with Gasteiger partial charge in [0.25, 0.3) is 0 Å². The number of aliphatic imine (C=N–C) groups is 2. The SMILES string of the molecule is C=CC(=C(C)C)c1c(C(C)(C)C)c(N(C2=N/C(c3ccccc3SC)=C(\C)CC/C=C\C=N2)c2ccccc2)c(C)c2ccccc12. The molecule has 0 bridgehead atoms. The molecular formula is C43H47N3S. The minimum absolute atomic E-state index is 0.240. The van der Waals surface area contributed by atoms with Crippen molar-refractivity contribution in [2.75, 3.05) is 11.2 Å². The number of hydrogen-bond acceptors (Lipinski definition) is 4. The van der Waals surface area contributed by atoms with Crippen LogP contribution in [0.1, 0.15) is 76.6 Å². The van der Waals surface area contributed by atoms with Crippen molar-refractivity contribution in [3.05, 3.63) is 137 Å². The molecule has 0 N–H and O–H groups in total. The van der Waals surface area contributed by atoms with Gasteiger partial charge in [-0.05, 0) is 115 Å². The number of allylic oxidation sites excluding steroid dienone is 6. The lowest BCUT2D eigenvalue weighted by Crippen LogP contribution is -2.30. The number of benzene rings is 4. The molecule has 0 aromatic heterocycles. The van der Waals surface area contributed by atoms with E-state index in [0.29, 0.717) is 5.96 Å². The molecule has 0 atom stereocenters. The van der Waals surface area contributed by atoms with Gasteiger partial charge in [0.2, 0.25) is 5.96 Å². The lowest BCUT2D eigenvalue weighted by atomic mass is 9.76. The minimum atomic E-state index is -0.240. The van der Waals surface area contributed by atoms with Gasteiger partial charge in [0.1, 0.15) is 0 Å².